The predicted molar refractivity (Wildman–Crippen MR) is 125 cm³/mol. The number of para-hydroxylation sites is 1. The lowest BCUT2D eigenvalue weighted by atomic mass is 9.95. The van der Waals surface area contributed by atoms with Crippen LogP contribution in [0.25, 0.3) is 11.0 Å². The van der Waals surface area contributed by atoms with E-state index in [0.29, 0.717) is 12.0 Å². The van der Waals surface area contributed by atoms with E-state index in [1.807, 2.05) is 13.2 Å². The van der Waals surface area contributed by atoms with E-state index in [2.05, 4.69) is 83.2 Å². The van der Waals surface area contributed by atoms with Crippen LogP contribution in [0.2, 0.25) is 0 Å². The van der Waals surface area contributed by atoms with Crippen LogP contribution in [0.5, 0.6) is 0 Å². The number of nitrogens with one attached hydrogen (secondary N) is 3. The maximum atomic E-state index is 4.73. The number of nitrogens with zero attached hydrogens (tertiary/aromatic N) is 4. The van der Waals surface area contributed by atoms with Gasteiger partial charge in [0.05, 0.1) is 5.39 Å². The molecular formula is C24H27N7. The van der Waals surface area contributed by atoms with Gasteiger partial charge in [0.25, 0.3) is 0 Å². The minimum atomic E-state index is 0.351. The summed E-state index contributed by atoms with van der Waals surface area (Å²) in [7, 11) is 1.90. The van der Waals surface area contributed by atoms with Gasteiger partial charge < -0.3 is 16.0 Å². The molecule has 1 aliphatic rings. The number of rotatable bonds is 4. The van der Waals surface area contributed by atoms with Crippen molar-refractivity contribution in [3.63, 3.8) is 0 Å². The number of hydrogen-bond acceptors (Lipinski definition) is 6. The van der Waals surface area contributed by atoms with Gasteiger partial charge in [-0.15, -0.1) is 0 Å². The van der Waals surface area contributed by atoms with Crippen LogP contribution in [0.3, 0.4) is 0 Å². The van der Waals surface area contributed by atoms with E-state index < -0.39 is 0 Å². The van der Waals surface area contributed by atoms with Gasteiger partial charge in [-0.25, -0.2) is 9.67 Å². The lowest BCUT2D eigenvalue weighted by Gasteiger charge is -2.24. The average Bonchev–Trinajstić information content (AvgIpc) is 3.06. The van der Waals surface area contributed by atoms with Gasteiger partial charge in [-0.1, -0.05) is 24.3 Å². The van der Waals surface area contributed by atoms with E-state index in [4.69, 9.17) is 4.98 Å². The summed E-state index contributed by atoms with van der Waals surface area (Å²) in [5.41, 5.74) is 7.92. The Morgan fingerprint density at radius 2 is 1.90 bits per heavy atom. The average molecular weight is 414 g/mol. The van der Waals surface area contributed by atoms with E-state index in [0.717, 1.165) is 41.2 Å². The largest absolute Gasteiger partial charge is 0.338 e. The van der Waals surface area contributed by atoms with E-state index in [9.17, 15) is 0 Å². The van der Waals surface area contributed by atoms with Crippen LogP contribution in [0.4, 0.5) is 23.1 Å². The summed E-state index contributed by atoms with van der Waals surface area (Å²) < 4.78 is 1.79. The highest BCUT2D eigenvalue weighted by atomic mass is 15.3. The second-order valence-corrected chi connectivity index (χ2v) is 8.26. The Kier molecular flexibility index (Phi) is 4.82. The molecule has 1 atom stereocenters. The lowest BCUT2D eigenvalue weighted by Crippen LogP contribution is -2.27. The van der Waals surface area contributed by atoms with Crippen LogP contribution in [0.15, 0.2) is 42.6 Å². The molecule has 5 rings (SSSR count). The van der Waals surface area contributed by atoms with Gasteiger partial charge in [0.1, 0.15) is 0 Å². The van der Waals surface area contributed by atoms with Crippen LogP contribution in [-0.2, 0) is 13.5 Å². The van der Waals surface area contributed by atoms with Crippen molar-refractivity contribution in [3.05, 3.63) is 64.8 Å². The molecule has 3 N–H and O–H groups in total. The molecule has 1 aliphatic heterocycles. The van der Waals surface area contributed by atoms with Gasteiger partial charge in [0.2, 0.25) is 5.95 Å². The molecule has 3 heterocycles. The molecule has 0 spiro atoms. The number of aromatic nitrogens is 4. The zero-order valence-corrected chi connectivity index (χ0v) is 18.3. The van der Waals surface area contributed by atoms with Crippen LogP contribution >= 0.6 is 0 Å². The van der Waals surface area contributed by atoms with Crippen molar-refractivity contribution in [3.8, 4) is 0 Å². The molecule has 158 valence electrons. The minimum Gasteiger partial charge on any atom is -0.338 e. The zero-order valence-electron chi connectivity index (χ0n) is 18.3. The predicted octanol–water partition coefficient (Wildman–Crippen LogP) is 4.67. The highest BCUT2D eigenvalue weighted by molar-refractivity contribution is 5.90. The van der Waals surface area contributed by atoms with E-state index in [1.165, 1.54) is 22.3 Å². The second-order valence-electron chi connectivity index (χ2n) is 8.26. The monoisotopic (exact) mass is 413 g/mol. The highest BCUT2D eigenvalue weighted by Crippen LogP contribution is 2.30. The van der Waals surface area contributed by atoms with Crippen LogP contribution in [0, 0.1) is 13.8 Å². The third-order valence-corrected chi connectivity index (χ3v) is 6.02. The first-order valence-electron chi connectivity index (χ1n) is 10.7. The molecule has 2 aromatic carbocycles. The third kappa shape index (κ3) is 3.61. The molecule has 7 nitrogen and oxygen atoms in total. The molecule has 0 saturated carbocycles. The summed E-state index contributed by atoms with van der Waals surface area (Å²) >= 11 is 0. The van der Waals surface area contributed by atoms with E-state index in [-0.39, 0.29) is 0 Å². The Hall–Kier alpha value is -3.45. The first kappa shape index (κ1) is 19.5. The van der Waals surface area contributed by atoms with Crippen molar-refractivity contribution in [1.82, 2.24) is 25.1 Å². The van der Waals surface area contributed by atoms with Crippen molar-refractivity contribution >= 4 is 34.2 Å². The molecule has 0 saturated heterocycles. The van der Waals surface area contributed by atoms with Crippen molar-refractivity contribution < 1.29 is 0 Å². The zero-order chi connectivity index (χ0) is 21.5. The Labute approximate surface area is 181 Å². The lowest BCUT2D eigenvalue weighted by molar-refractivity contribution is 0.541. The molecule has 0 aliphatic carbocycles. The molecule has 0 radical (unpaired) electrons. The maximum absolute atomic E-state index is 4.73. The molecule has 2 aromatic heterocycles. The van der Waals surface area contributed by atoms with Crippen molar-refractivity contribution in [2.45, 2.75) is 33.2 Å². The Morgan fingerprint density at radius 1 is 1.10 bits per heavy atom. The molecular weight excluding hydrogens is 386 g/mol. The number of anilines is 4. The fourth-order valence-corrected chi connectivity index (χ4v) is 4.29. The smallest absolute Gasteiger partial charge is 0.229 e. The van der Waals surface area contributed by atoms with Gasteiger partial charge >= 0.3 is 0 Å². The van der Waals surface area contributed by atoms with Gasteiger partial charge in [-0.05, 0) is 68.1 Å². The van der Waals surface area contributed by atoms with Crippen LogP contribution in [0.1, 0.15) is 35.2 Å². The normalized spacial score (nSPS) is 15.7. The Balaban J connectivity index is 1.45. The molecule has 4 aromatic rings. The van der Waals surface area contributed by atoms with Gasteiger partial charge in [-0.2, -0.15) is 10.1 Å². The highest BCUT2D eigenvalue weighted by Gasteiger charge is 2.17. The fraction of sp³-hybridized carbons (Fsp3) is 0.292. The Bertz CT molecular complexity index is 1250. The summed E-state index contributed by atoms with van der Waals surface area (Å²) in [5, 5.41) is 15.9. The van der Waals surface area contributed by atoms with Crippen LogP contribution < -0.4 is 16.0 Å². The quantitative estimate of drug-likeness (QED) is 0.451. The summed E-state index contributed by atoms with van der Waals surface area (Å²) in [6.07, 6.45) is 2.89. The molecule has 1 unspecified atom stereocenters. The van der Waals surface area contributed by atoms with E-state index in [1.54, 1.807) is 4.68 Å². The number of aryl methyl sites for hydroxylation is 3. The Morgan fingerprint density at radius 3 is 2.71 bits per heavy atom. The van der Waals surface area contributed by atoms with E-state index >= 15 is 0 Å². The topological polar surface area (TPSA) is 79.7 Å². The summed E-state index contributed by atoms with van der Waals surface area (Å²) in [6, 6.07) is 13.1. The number of fused-ring (bicyclic) bond motifs is 2. The summed E-state index contributed by atoms with van der Waals surface area (Å²) in [5.74, 6) is 1.32. The molecule has 7 heteroatoms. The maximum Gasteiger partial charge on any atom is 0.229 e. The standard InChI is InChI=1S/C24H27N7/c1-14-6-5-7-15(2)21(14)28-22-20-13-26-24(29-23(20)31(4)30-22)27-18-9-8-17-10-11-25-16(3)19(17)12-18/h5-9,12-13,16,25H,10-11H2,1-4H3,(H,28,30)(H,26,27,29). The van der Waals surface area contributed by atoms with Crippen molar-refractivity contribution in [2.24, 2.45) is 7.05 Å². The first-order valence-corrected chi connectivity index (χ1v) is 10.7. The van der Waals surface area contributed by atoms with Crippen molar-refractivity contribution in [2.75, 3.05) is 17.2 Å². The fourth-order valence-electron chi connectivity index (χ4n) is 4.29. The summed E-state index contributed by atoms with van der Waals surface area (Å²) in [6.45, 7) is 7.41. The SMILES string of the molecule is Cc1cccc(C)c1Nc1nn(C)c2nc(Nc3ccc4c(c3)C(C)NCC4)ncc12. The molecule has 0 bridgehead atoms. The molecule has 0 fully saturated rings. The third-order valence-electron chi connectivity index (χ3n) is 6.02. The van der Waals surface area contributed by atoms with Gasteiger partial charge in [-0.3, -0.25) is 0 Å². The van der Waals surface area contributed by atoms with Crippen molar-refractivity contribution in [1.29, 1.82) is 0 Å². The number of hydrogen-bond donors (Lipinski definition) is 3. The molecule has 0 amide bonds. The van der Waals surface area contributed by atoms with Gasteiger partial charge in [0.15, 0.2) is 11.5 Å². The minimum absolute atomic E-state index is 0.351. The molecule has 31 heavy (non-hydrogen) atoms. The van der Waals surface area contributed by atoms with Gasteiger partial charge in [0, 0.05) is 30.7 Å². The number of benzene rings is 2. The van der Waals surface area contributed by atoms with Crippen LogP contribution in [-0.4, -0.2) is 26.3 Å². The first-order chi connectivity index (χ1) is 15.0. The second kappa shape index (κ2) is 7.67. The summed E-state index contributed by atoms with van der Waals surface area (Å²) in [4.78, 5) is 9.29.